The molecule has 3 heterocycles. The largest absolute Gasteiger partial charge is 0.381 e. The minimum atomic E-state index is 0.0544. The van der Waals surface area contributed by atoms with Gasteiger partial charge < -0.3 is 14.5 Å². The van der Waals surface area contributed by atoms with Gasteiger partial charge >= 0.3 is 0 Å². The molecule has 0 bridgehead atoms. The van der Waals surface area contributed by atoms with Gasteiger partial charge in [-0.15, -0.1) is 0 Å². The van der Waals surface area contributed by atoms with Crippen LogP contribution < -0.4 is 0 Å². The molecule has 2 amide bonds. The average Bonchev–Trinajstić information content (AvgIpc) is 3.32. The van der Waals surface area contributed by atoms with E-state index in [0.29, 0.717) is 25.5 Å². The predicted molar refractivity (Wildman–Crippen MR) is 103 cm³/mol. The summed E-state index contributed by atoms with van der Waals surface area (Å²) in [5.41, 5.74) is 1.42. The van der Waals surface area contributed by atoms with Crippen LogP contribution in [0.2, 0.25) is 0 Å². The SMILES string of the molecule is O=C1CC2(CCN(C(=O)[C@H]3CCOC3)CC2)CN1CCCc1ccccc1. The molecule has 0 saturated carbocycles. The van der Waals surface area contributed by atoms with Crippen molar-refractivity contribution in [3.05, 3.63) is 35.9 Å². The molecule has 4 rings (SSSR count). The average molecular weight is 370 g/mol. The first-order chi connectivity index (χ1) is 13.2. The number of piperidine rings is 1. The smallest absolute Gasteiger partial charge is 0.228 e. The van der Waals surface area contributed by atoms with E-state index in [0.717, 1.165) is 58.3 Å². The van der Waals surface area contributed by atoms with Crippen molar-refractivity contribution in [3.63, 3.8) is 0 Å². The van der Waals surface area contributed by atoms with Crippen LogP contribution in [0.5, 0.6) is 0 Å². The number of carbonyl (C=O) groups excluding carboxylic acids is 2. The molecule has 146 valence electrons. The normalized spacial score (nSPS) is 24.7. The fourth-order valence-corrected chi connectivity index (χ4v) is 4.83. The molecule has 0 radical (unpaired) electrons. The van der Waals surface area contributed by atoms with E-state index in [2.05, 4.69) is 29.2 Å². The van der Waals surface area contributed by atoms with Gasteiger partial charge in [-0.05, 0) is 37.7 Å². The molecule has 1 aromatic rings. The maximum Gasteiger partial charge on any atom is 0.228 e. The maximum atomic E-state index is 12.6. The first-order valence-corrected chi connectivity index (χ1v) is 10.3. The lowest BCUT2D eigenvalue weighted by Crippen LogP contribution is -2.46. The Balaban J connectivity index is 1.25. The second-order valence-electron chi connectivity index (χ2n) is 8.47. The van der Waals surface area contributed by atoms with Gasteiger partial charge in [0.05, 0.1) is 12.5 Å². The van der Waals surface area contributed by atoms with Crippen molar-refractivity contribution >= 4 is 11.8 Å². The molecule has 3 aliphatic heterocycles. The quantitative estimate of drug-likeness (QED) is 0.800. The van der Waals surface area contributed by atoms with E-state index in [1.165, 1.54) is 5.56 Å². The Kier molecular flexibility index (Phi) is 5.48. The van der Waals surface area contributed by atoms with Crippen molar-refractivity contribution < 1.29 is 14.3 Å². The number of hydrogen-bond donors (Lipinski definition) is 0. The van der Waals surface area contributed by atoms with Crippen molar-refractivity contribution in [1.82, 2.24) is 9.80 Å². The van der Waals surface area contributed by atoms with Crippen LogP contribution in [0.3, 0.4) is 0 Å². The predicted octanol–water partition coefficient (Wildman–Crippen LogP) is 2.50. The van der Waals surface area contributed by atoms with Gasteiger partial charge in [0.15, 0.2) is 0 Å². The third-order valence-corrected chi connectivity index (χ3v) is 6.56. The van der Waals surface area contributed by atoms with E-state index in [9.17, 15) is 9.59 Å². The Bertz CT molecular complexity index is 661. The summed E-state index contributed by atoms with van der Waals surface area (Å²) in [7, 11) is 0. The Hall–Kier alpha value is -1.88. The van der Waals surface area contributed by atoms with Crippen molar-refractivity contribution in [2.45, 2.75) is 38.5 Å². The van der Waals surface area contributed by atoms with Crippen LogP contribution in [0.15, 0.2) is 30.3 Å². The molecule has 3 aliphatic rings. The number of rotatable bonds is 5. The minimum Gasteiger partial charge on any atom is -0.381 e. The molecule has 1 aromatic carbocycles. The molecule has 3 saturated heterocycles. The number of carbonyl (C=O) groups is 2. The van der Waals surface area contributed by atoms with Crippen LogP contribution in [0.25, 0.3) is 0 Å². The Labute approximate surface area is 161 Å². The molecule has 1 atom stereocenters. The van der Waals surface area contributed by atoms with Gasteiger partial charge in [0.1, 0.15) is 0 Å². The first-order valence-electron chi connectivity index (χ1n) is 10.3. The van der Waals surface area contributed by atoms with E-state index in [1.807, 2.05) is 11.0 Å². The summed E-state index contributed by atoms with van der Waals surface area (Å²) in [4.78, 5) is 29.2. The summed E-state index contributed by atoms with van der Waals surface area (Å²) in [6.45, 7) is 4.59. The van der Waals surface area contributed by atoms with Gasteiger partial charge in [0.25, 0.3) is 0 Å². The Morgan fingerprint density at radius 3 is 2.67 bits per heavy atom. The fraction of sp³-hybridized carbons (Fsp3) is 0.636. The van der Waals surface area contributed by atoms with Crippen molar-refractivity contribution in [2.24, 2.45) is 11.3 Å². The van der Waals surface area contributed by atoms with Crippen LogP contribution in [0, 0.1) is 11.3 Å². The minimum absolute atomic E-state index is 0.0544. The van der Waals surface area contributed by atoms with Crippen molar-refractivity contribution in [3.8, 4) is 0 Å². The molecule has 0 aliphatic carbocycles. The lowest BCUT2D eigenvalue weighted by Gasteiger charge is -2.39. The monoisotopic (exact) mass is 370 g/mol. The summed E-state index contributed by atoms with van der Waals surface area (Å²) < 4.78 is 5.36. The van der Waals surface area contributed by atoms with E-state index in [-0.39, 0.29) is 17.2 Å². The molecular weight excluding hydrogens is 340 g/mol. The fourth-order valence-electron chi connectivity index (χ4n) is 4.83. The van der Waals surface area contributed by atoms with E-state index in [4.69, 9.17) is 4.74 Å². The topological polar surface area (TPSA) is 49.9 Å². The third-order valence-electron chi connectivity index (χ3n) is 6.56. The number of hydrogen-bond acceptors (Lipinski definition) is 3. The highest BCUT2D eigenvalue weighted by Gasteiger charge is 2.45. The van der Waals surface area contributed by atoms with Gasteiger partial charge in [-0.3, -0.25) is 9.59 Å². The number of likely N-dealkylation sites (tertiary alicyclic amines) is 2. The Morgan fingerprint density at radius 1 is 1.19 bits per heavy atom. The van der Waals surface area contributed by atoms with Gasteiger partial charge in [-0.25, -0.2) is 0 Å². The summed E-state index contributed by atoms with van der Waals surface area (Å²) in [6.07, 6.45) is 5.45. The highest BCUT2D eigenvalue weighted by molar-refractivity contribution is 5.80. The zero-order chi connectivity index (χ0) is 18.7. The highest BCUT2D eigenvalue weighted by Crippen LogP contribution is 2.41. The third kappa shape index (κ3) is 4.18. The second-order valence-corrected chi connectivity index (χ2v) is 8.47. The van der Waals surface area contributed by atoms with Gasteiger partial charge in [-0.2, -0.15) is 0 Å². The zero-order valence-corrected chi connectivity index (χ0v) is 16.1. The van der Waals surface area contributed by atoms with E-state index >= 15 is 0 Å². The molecule has 0 N–H and O–H groups in total. The number of ether oxygens (including phenoxy) is 1. The molecule has 0 aromatic heterocycles. The van der Waals surface area contributed by atoms with Crippen LogP contribution in [0.4, 0.5) is 0 Å². The zero-order valence-electron chi connectivity index (χ0n) is 16.1. The van der Waals surface area contributed by atoms with Gasteiger partial charge in [-0.1, -0.05) is 30.3 Å². The van der Waals surface area contributed by atoms with Crippen molar-refractivity contribution in [2.75, 3.05) is 39.4 Å². The van der Waals surface area contributed by atoms with Crippen LogP contribution >= 0.6 is 0 Å². The first kappa shape index (κ1) is 18.5. The summed E-state index contributed by atoms with van der Waals surface area (Å²) in [5.74, 6) is 0.608. The summed E-state index contributed by atoms with van der Waals surface area (Å²) in [5, 5.41) is 0. The number of benzene rings is 1. The molecule has 27 heavy (non-hydrogen) atoms. The van der Waals surface area contributed by atoms with Crippen LogP contribution in [0.1, 0.15) is 37.7 Å². The maximum absolute atomic E-state index is 12.6. The lowest BCUT2D eigenvalue weighted by atomic mass is 9.77. The molecule has 3 fully saturated rings. The Morgan fingerprint density at radius 2 is 1.96 bits per heavy atom. The van der Waals surface area contributed by atoms with E-state index in [1.54, 1.807) is 0 Å². The molecule has 1 spiro atoms. The second kappa shape index (κ2) is 8.01. The van der Waals surface area contributed by atoms with Gasteiger partial charge in [0.2, 0.25) is 11.8 Å². The van der Waals surface area contributed by atoms with Crippen LogP contribution in [-0.2, 0) is 20.7 Å². The summed E-state index contributed by atoms with van der Waals surface area (Å²) >= 11 is 0. The van der Waals surface area contributed by atoms with Gasteiger partial charge in [0, 0.05) is 44.6 Å². The number of nitrogens with zero attached hydrogens (tertiary/aromatic N) is 2. The number of amides is 2. The molecule has 0 unspecified atom stereocenters. The van der Waals surface area contributed by atoms with E-state index < -0.39 is 0 Å². The molecule has 5 nitrogen and oxygen atoms in total. The highest BCUT2D eigenvalue weighted by atomic mass is 16.5. The summed E-state index contributed by atoms with van der Waals surface area (Å²) in [6, 6.07) is 10.5. The molecule has 5 heteroatoms. The van der Waals surface area contributed by atoms with Crippen LogP contribution in [-0.4, -0.2) is 61.0 Å². The van der Waals surface area contributed by atoms with Crippen molar-refractivity contribution in [1.29, 1.82) is 0 Å². The standard InChI is InChI=1S/C22H30N2O3/c25-20-15-22(17-24(20)11-4-7-18-5-2-1-3-6-18)9-12-23(13-10-22)21(26)19-8-14-27-16-19/h1-3,5-6,19H,4,7-17H2/t19-/m0/s1. The number of aryl methyl sites for hydroxylation is 1. The lowest BCUT2D eigenvalue weighted by molar-refractivity contribution is -0.137. The molecular formula is C22H30N2O3.